The van der Waals surface area contributed by atoms with Crippen LogP contribution in [0, 0.1) is 24.7 Å². The van der Waals surface area contributed by atoms with Crippen LogP contribution in [0.1, 0.15) is 54.1 Å². The zero-order valence-electron chi connectivity index (χ0n) is 40.1. The molecule has 0 spiro atoms. The largest absolute Gasteiger partial charge is 0.508 e. The fourth-order valence-electron chi connectivity index (χ4n) is 9.95. The monoisotopic (exact) mass is 972 g/mol. The number of phenols is 2. The third-order valence-electron chi connectivity index (χ3n) is 13.4. The molecule has 0 bridgehead atoms. The number of amides is 2. The summed E-state index contributed by atoms with van der Waals surface area (Å²) in [5.74, 6) is 5.81. The first-order chi connectivity index (χ1) is 36.7. The molecule has 0 aliphatic heterocycles. The molecule has 10 aromatic rings. The van der Waals surface area contributed by atoms with Crippen molar-refractivity contribution in [2.75, 3.05) is 10.6 Å². The number of fused-ring (bicyclic) bond motifs is 3. The third-order valence-corrected chi connectivity index (χ3v) is 13.4. The lowest BCUT2D eigenvalue weighted by atomic mass is 9.67. The van der Waals surface area contributed by atoms with Crippen molar-refractivity contribution in [3.05, 3.63) is 275 Å². The highest BCUT2D eigenvalue weighted by molar-refractivity contribution is 6.06. The van der Waals surface area contributed by atoms with E-state index in [-0.39, 0.29) is 22.9 Å². The molecule has 11 rings (SSSR count). The second-order valence-electron chi connectivity index (χ2n) is 17.9. The van der Waals surface area contributed by atoms with Gasteiger partial charge in [-0.15, -0.1) is 12.8 Å². The number of ether oxygens (including phenoxy) is 2. The molecule has 358 valence electrons. The molecule has 75 heavy (non-hydrogen) atoms. The maximum absolute atomic E-state index is 13.7. The summed E-state index contributed by atoms with van der Waals surface area (Å²) in [6.07, 6.45) is 11.3. The van der Waals surface area contributed by atoms with Crippen LogP contribution < -0.4 is 20.1 Å². The second-order valence-corrected chi connectivity index (χ2v) is 17.9. The van der Waals surface area contributed by atoms with Crippen molar-refractivity contribution in [2.45, 2.75) is 5.41 Å². The van der Waals surface area contributed by atoms with Gasteiger partial charge in [-0.3, -0.25) is 9.59 Å². The summed E-state index contributed by atoms with van der Waals surface area (Å²) in [6, 6.07) is 72.0. The van der Waals surface area contributed by atoms with Crippen LogP contribution in [0.15, 0.2) is 231 Å². The van der Waals surface area contributed by atoms with Crippen LogP contribution in [0.3, 0.4) is 0 Å². The lowest BCUT2D eigenvalue weighted by Gasteiger charge is -2.35. The number of phenolic OH excluding ortho intramolecular Hbond substituents is 2. The van der Waals surface area contributed by atoms with Crippen molar-refractivity contribution in [3.8, 4) is 92.6 Å². The van der Waals surface area contributed by atoms with Crippen molar-refractivity contribution in [1.29, 1.82) is 0 Å². The van der Waals surface area contributed by atoms with E-state index in [1.54, 1.807) is 60.7 Å². The van der Waals surface area contributed by atoms with Gasteiger partial charge in [-0.1, -0.05) is 145 Å². The van der Waals surface area contributed by atoms with Crippen LogP contribution in [0.25, 0.3) is 33.4 Å². The Kier molecular flexibility index (Phi) is 12.4. The van der Waals surface area contributed by atoms with Crippen LogP contribution >= 0.6 is 0 Å². The van der Waals surface area contributed by atoms with E-state index in [4.69, 9.17) is 22.3 Å². The minimum absolute atomic E-state index is 0.0570. The average Bonchev–Trinajstić information content (AvgIpc) is 3.76. The average molecular weight is 973 g/mol. The quantitative estimate of drug-likeness (QED) is 0.0906. The summed E-state index contributed by atoms with van der Waals surface area (Å²) in [7, 11) is 0. The Bertz CT molecular complexity index is 3690. The first kappa shape index (κ1) is 46.8. The number of nitrogens with one attached hydrogen (secondary N) is 2. The van der Waals surface area contributed by atoms with E-state index in [9.17, 15) is 19.8 Å². The molecule has 0 heterocycles. The zero-order chi connectivity index (χ0) is 51.5. The number of rotatable bonds is 12. The number of hydrogen-bond acceptors (Lipinski definition) is 6. The minimum atomic E-state index is -0.910. The lowest BCUT2D eigenvalue weighted by molar-refractivity contribution is 0.101. The van der Waals surface area contributed by atoms with Crippen LogP contribution in [-0.2, 0) is 5.41 Å². The highest BCUT2D eigenvalue weighted by Crippen LogP contribution is 2.58. The summed E-state index contributed by atoms with van der Waals surface area (Å²) in [6.45, 7) is 0. The van der Waals surface area contributed by atoms with Crippen molar-refractivity contribution < 1.29 is 29.3 Å². The second kappa shape index (κ2) is 19.9. The van der Waals surface area contributed by atoms with Gasteiger partial charge < -0.3 is 30.3 Å². The summed E-state index contributed by atoms with van der Waals surface area (Å²) in [4.78, 5) is 27.3. The molecule has 0 aromatic heterocycles. The molecule has 10 aromatic carbocycles. The standard InChI is InChI=1S/C67H44N2O6/c1-3-43-17-15-23-47(37-43)65(72)68-59-41-51(70)31-35-63(59)74-61-33-29-49(39-55(61)45-19-7-5-8-20-45)67(57-27-13-11-25-53(57)54-26-12-14-28-58(54)67)50-30-34-62(56(40-50)46-21-9-6-10-22-46)75-64-36-32-52(71)42-60(64)69-66(73)48-24-16-18-44(4-2)38-48/h1-2,5-42,70-71H,(H,68,72)(H,69,73). The molecule has 1 aliphatic carbocycles. The summed E-state index contributed by atoms with van der Waals surface area (Å²) in [5.41, 5.74) is 11.0. The topological polar surface area (TPSA) is 117 Å². The number of benzene rings is 10. The number of carbonyl (C=O) groups is 2. The van der Waals surface area contributed by atoms with E-state index >= 15 is 0 Å². The van der Waals surface area contributed by atoms with Crippen molar-refractivity contribution in [3.63, 3.8) is 0 Å². The van der Waals surface area contributed by atoms with Gasteiger partial charge in [-0.2, -0.15) is 0 Å². The first-order valence-corrected chi connectivity index (χ1v) is 24.1. The normalized spacial score (nSPS) is 11.8. The molecule has 8 heteroatoms. The molecule has 0 atom stereocenters. The fraction of sp³-hybridized carbons (Fsp3) is 0.0149. The molecule has 4 N–H and O–H groups in total. The van der Waals surface area contributed by atoms with Gasteiger partial charge in [0.15, 0.2) is 11.5 Å². The van der Waals surface area contributed by atoms with Gasteiger partial charge in [0.05, 0.1) is 16.8 Å². The van der Waals surface area contributed by atoms with Crippen LogP contribution in [0.4, 0.5) is 11.4 Å². The third kappa shape index (κ3) is 8.97. The van der Waals surface area contributed by atoms with Crippen molar-refractivity contribution >= 4 is 23.2 Å². The minimum Gasteiger partial charge on any atom is -0.508 e. The highest BCUT2D eigenvalue weighted by Gasteiger charge is 2.46. The molecular formula is C67H44N2O6. The van der Waals surface area contributed by atoms with Crippen LogP contribution in [0.5, 0.6) is 34.5 Å². The Hall–Kier alpha value is -10.5. The van der Waals surface area contributed by atoms with Crippen molar-refractivity contribution in [2.24, 2.45) is 0 Å². The molecule has 0 saturated carbocycles. The SMILES string of the molecule is C#Cc1cccc(C(=O)Nc2cc(O)ccc2Oc2ccc(C3(c4ccc(Oc5ccc(O)cc5NC(=O)c5cccc(C#C)c5)c(-c5ccccc5)c4)c4ccccc4-c4ccccc43)cc2-c2ccccc2)c1. The first-order valence-electron chi connectivity index (χ1n) is 24.1. The number of anilines is 2. The van der Waals surface area contributed by atoms with E-state index in [0.717, 1.165) is 55.6 Å². The smallest absolute Gasteiger partial charge is 0.255 e. The van der Waals surface area contributed by atoms with Gasteiger partial charge in [0.1, 0.15) is 23.0 Å². The molecule has 0 saturated heterocycles. The number of hydrogen-bond donors (Lipinski definition) is 4. The fourth-order valence-corrected chi connectivity index (χ4v) is 9.95. The predicted octanol–water partition coefficient (Wildman–Crippen LogP) is 14.8. The van der Waals surface area contributed by atoms with Crippen LogP contribution in [0.2, 0.25) is 0 Å². The number of aromatic hydroxyl groups is 2. The predicted molar refractivity (Wildman–Crippen MR) is 296 cm³/mol. The lowest BCUT2D eigenvalue weighted by Crippen LogP contribution is -2.28. The molecule has 2 amide bonds. The summed E-state index contributed by atoms with van der Waals surface area (Å²) >= 11 is 0. The Morgan fingerprint density at radius 2 is 0.800 bits per heavy atom. The van der Waals surface area contributed by atoms with Gasteiger partial charge in [0.2, 0.25) is 0 Å². The highest BCUT2D eigenvalue weighted by atomic mass is 16.5. The Morgan fingerprint density at radius 1 is 0.400 bits per heavy atom. The molecule has 1 aliphatic rings. The van der Waals surface area contributed by atoms with Gasteiger partial charge in [0, 0.05) is 45.5 Å². The van der Waals surface area contributed by atoms with E-state index in [1.165, 1.54) is 24.3 Å². The summed E-state index contributed by atoms with van der Waals surface area (Å²) in [5, 5.41) is 27.2. The van der Waals surface area contributed by atoms with Crippen molar-refractivity contribution in [1.82, 2.24) is 0 Å². The van der Waals surface area contributed by atoms with E-state index in [1.807, 2.05) is 72.8 Å². The van der Waals surface area contributed by atoms with E-state index in [2.05, 4.69) is 95.3 Å². The summed E-state index contributed by atoms with van der Waals surface area (Å²) < 4.78 is 13.7. The maximum atomic E-state index is 13.7. The van der Waals surface area contributed by atoms with Gasteiger partial charge >= 0.3 is 0 Å². The number of terminal acetylenes is 2. The molecular weight excluding hydrogens is 929 g/mol. The Labute approximate surface area is 434 Å². The number of carbonyl (C=O) groups excluding carboxylic acids is 2. The van der Waals surface area contributed by atoms with Gasteiger partial charge in [-0.25, -0.2) is 0 Å². The van der Waals surface area contributed by atoms with Crippen LogP contribution in [-0.4, -0.2) is 22.0 Å². The van der Waals surface area contributed by atoms with Gasteiger partial charge in [-0.05, 0) is 129 Å². The zero-order valence-corrected chi connectivity index (χ0v) is 40.1. The molecule has 0 radical (unpaired) electrons. The molecule has 0 unspecified atom stereocenters. The maximum Gasteiger partial charge on any atom is 0.255 e. The van der Waals surface area contributed by atoms with E-state index < -0.39 is 17.2 Å². The molecule has 8 nitrogen and oxygen atoms in total. The Balaban J connectivity index is 1.06. The molecule has 0 fully saturated rings. The van der Waals surface area contributed by atoms with Gasteiger partial charge in [0.25, 0.3) is 11.8 Å². The Morgan fingerprint density at radius 3 is 1.23 bits per heavy atom. The van der Waals surface area contributed by atoms with E-state index in [0.29, 0.717) is 45.3 Å².